The average molecular weight is 279 g/mol. The monoisotopic (exact) mass is 279 g/mol. The van der Waals surface area contributed by atoms with Crippen molar-refractivity contribution in [1.29, 1.82) is 0 Å². The lowest BCUT2D eigenvalue weighted by atomic mass is 10.0. The standard InChI is InChI=1S/C17H14FN3/c1-12-4-2-3-5-15(12)16-10-19-11-20-17(16)21-14-8-6-13(18)7-9-14/h2-11H,1H3,(H,19,20,21). The molecule has 3 rings (SSSR count). The second kappa shape index (κ2) is 5.71. The van der Waals surface area contributed by atoms with Crippen molar-refractivity contribution in [2.75, 3.05) is 5.32 Å². The van der Waals surface area contributed by atoms with E-state index in [0.717, 1.165) is 22.4 Å². The number of halogens is 1. The molecule has 2 aromatic carbocycles. The maximum Gasteiger partial charge on any atom is 0.141 e. The number of hydrogen-bond acceptors (Lipinski definition) is 3. The van der Waals surface area contributed by atoms with Gasteiger partial charge < -0.3 is 5.32 Å². The predicted molar refractivity (Wildman–Crippen MR) is 81.9 cm³/mol. The minimum absolute atomic E-state index is 0.262. The predicted octanol–water partition coefficient (Wildman–Crippen LogP) is 4.33. The van der Waals surface area contributed by atoms with Crippen molar-refractivity contribution in [3.05, 3.63) is 72.4 Å². The van der Waals surface area contributed by atoms with Crippen molar-refractivity contribution in [2.45, 2.75) is 6.92 Å². The molecule has 0 atom stereocenters. The molecule has 0 aliphatic carbocycles. The summed E-state index contributed by atoms with van der Waals surface area (Å²) >= 11 is 0. The summed E-state index contributed by atoms with van der Waals surface area (Å²) < 4.78 is 13.0. The Kier molecular flexibility index (Phi) is 3.60. The lowest BCUT2D eigenvalue weighted by Gasteiger charge is -2.12. The van der Waals surface area contributed by atoms with E-state index < -0.39 is 0 Å². The SMILES string of the molecule is Cc1ccccc1-c1cncnc1Nc1ccc(F)cc1. The van der Waals surface area contributed by atoms with Gasteiger partial charge in [-0.1, -0.05) is 24.3 Å². The van der Waals surface area contributed by atoms with E-state index in [1.54, 1.807) is 18.3 Å². The number of anilines is 2. The van der Waals surface area contributed by atoms with E-state index in [1.165, 1.54) is 18.5 Å². The molecule has 0 fully saturated rings. The molecule has 1 heterocycles. The first-order chi connectivity index (χ1) is 10.2. The van der Waals surface area contributed by atoms with Crippen LogP contribution in [0.2, 0.25) is 0 Å². The Balaban J connectivity index is 2.00. The minimum Gasteiger partial charge on any atom is -0.340 e. The summed E-state index contributed by atoms with van der Waals surface area (Å²) in [5.41, 5.74) is 3.92. The number of rotatable bonds is 3. The summed E-state index contributed by atoms with van der Waals surface area (Å²) in [6.07, 6.45) is 3.27. The summed E-state index contributed by atoms with van der Waals surface area (Å²) in [4.78, 5) is 8.41. The van der Waals surface area contributed by atoms with E-state index in [2.05, 4.69) is 15.3 Å². The Hall–Kier alpha value is -2.75. The smallest absolute Gasteiger partial charge is 0.141 e. The maximum absolute atomic E-state index is 13.0. The van der Waals surface area contributed by atoms with Crippen molar-refractivity contribution in [1.82, 2.24) is 9.97 Å². The zero-order valence-corrected chi connectivity index (χ0v) is 11.5. The molecule has 0 unspecified atom stereocenters. The van der Waals surface area contributed by atoms with Gasteiger partial charge in [0, 0.05) is 17.4 Å². The molecule has 4 heteroatoms. The summed E-state index contributed by atoms with van der Waals surface area (Å²) in [6.45, 7) is 2.05. The third-order valence-electron chi connectivity index (χ3n) is 3.25. The molecule has 0 amide bonds. The Morgan fingerprint density at radius 1 is 0.952 bits per heavy atom. The number of nitrogens with one attached hydrogen (secondary N) is 1. The van der Waals surface area contributed by atoms with Gasteiger partial charge in [0.25, 0.3) is 0 Å². The fourth-order valence-electron chi connectivity index (χ4n) is 2.17. The number of aromatic nitrogens is 2. The number of aryl methyl sites for hydroxylation is 1. The van der Waals surface area contributed by atoms with Crippen molar-refractivity contribution in [3.63, 3.8) is 0 Å². The van der Waals surface area contributed by atoms with Crippen LogP contribution in [0.15, 0.2) is 61.1 Å². The molecule has 21 heavy (non-hydrogen) atoms. The van der Waals surface area contributed by atoms with Crippen LogP contribution in [0, 0.1) is 12.7 Å². The molecule has 3 aromatic rings. The van der Waals surface area contributed by atoms with E-state index >= 15 is 0 Å². The topological polar surface area (TPSA) is 37.8 Å². The van der Waals surface area contributed by atoms with Gasteiger partial charge in [-0.15, -0.1) is 0 Å². The van der Waals surface area contributed by atoms with Crippen molar-refractivity contribution >= 4 is 11.5 Å². The van der Waals surface area contributed by atoms with Crippen LogP contribution in [0.5, 0.6) is 0 Å². The van der Waals surface area contributed by atoms with Gasteiger partial charge in [0.2, 0.25) is 0 Å². The minimum atomic E-state index is -0.262. The summed E-state index contributed by atoms with van der Waals surface area (Å²) in [7, 11) is 0. The van der Waals surface area contributed by atoms with Crippen LogP contribution in [0.3, 0.4) is 0 Å². The largest absolute Gasteiger partial charge is 0.340 e. The van der Waals surface area contributed by atoms with E-state index in [0.29, 0.717) is 5.82 Å². The van der Waals surface area contributed by atoms with E-state index in [4.69, 9.17) is 0 Å². The first-order valence-corrected chi connectivity index (χ1v) is 6.62. The van der Waals surface area contributed by atoms with Crippen LogP contribution < -0.4 is 5.32 Å². The number of nitrogens with zero attached hydrogens (tertiary/aromatic N) is 2. The van der Waals surface area contributed by atoms with Crippen LogP contribution in [0.4, 0.5) is 15.9 Å². The molecule has 0 saturated heterocycles. The van der Waals surface area contributed by atoms with Crippen LogP contribution in [-0.4, -0.2) is 9.97 Å². The van der Waals surface area contributed by atoms with Crippen molar-refractivity contribution < 1.29 is 4.39 Å². The van der Waals surface area contributed by atoms with Crippen LogP contribution in [-0.2, 0) is 0 Å². The van der Waals surface area contributed by atoms with Gasteiger partial charge in [-0.25, -0.2) is 14.4 Å². The molecule has 104 valence electrons. The lowest BCUT2D eigenvalue weighted by Crippen LogP contribution is -1.98. The average Bonchev–Trinajstić information content (AvgIpc) is 2.51. The molecule has 0 spiro atoms. The highest BCUT2D eigenvalue weighted by Crippen LogP contribution is 2.29. The Morgan fingerprint density at radius 2 is 1.71 bits per heavy atom. The van der Waals surface area contributed by atoms with Crippen LogP contribution in [0.1, 0.15) is 5.56 Å². The molecule has 0 aliphatic rings. The highest BCUT2D eigenvalue weighted by molar-refractivity contribution is 5.79. The van der Waals surface area contributed by atoms with Gasteiger partial charge in [-0.2, -0.15) is 0 Å². The van der Waals surface area contributed by atoms with Gasteiger partial charge in [0.15, 0.2) is 0 Å². The third-order valence-corrected chi connectivity index (χ3v) is 3.25. The van der Waals surface area contributed by atoms with Gasteiger partial charge >= 0.3 is 0 Å². The Bertz CT molecular complexity index is 754. The summed E-state index contributed by atoms with van der Waals surface area (Å²) in [5.74, 6) is 0.438. The highest BCUT2D eigenvalue weighted by atomic mass is 19.1. The van der Waals surface area contributed by atoms with Gasteiger partial charge in [-0.05, 0) is 42.3 Å². The van der Waals surface area contributed by atoms with Gasteiger partial charge in [0.05, 0.1) is 0 Å². The van der Waals surface area contributed by atoms with Crippen molar-refractivity contribution in [2.24, 2.45) is 0 Å². The zero-order valence-electron chi connectivity index (χ0n) is 11.5. The first kappa shape index (κ1) is 13.2. The molecule has 1 N–H and O–H groups in total. The van der Waals surface area contributed by atoms with E-state index in [9.17, 15) is 4.39 Å². The number of hydrogen-bond donors (Lipinski definition) is 1. The Labute approximate surface area is 122 Å². The van der Waals surface area contributed by atoms with Gasteiger partial charge in [-0.3, -0.25) is 0 Å². The molecule has 1 aromatic heterocycles. The van der Waals surface area contributed by atoms with E-state index in [-0.39, 0.29) is 5.82 Å². The van der Waals surface area contributed by atoms with E-state index in [1.807, 2.05) is 31.2 Å². The molecule has 0 radical (unpaired) electrons. The summed E-state index contributed by atoms with van der Waals surface area (Å²) in [6, 6.07) is 14.2. The molecule has 0 saturated carbocycles. The second-order valence-electron chi connectivity index (χ2n) is 4.73. The second-order valence-corrected chi connectivity index (χ2v) is 4.73. The molecular weight excluding hydrogens is 265 g/mol. The molecule has 0 aliphatic heterocycles. The molecular formula is C17H14FN3. The molecule has 0 bridgehead atoms. The number of benzene rings is 2. The summed E-state index contributed by atoms with van der Waals surface area (Å²) in [5, 5.41) is 3.21. The first-order valence-electron chi connectivity index (χ1n) is 6.62. The third kappa shape index (κ3) is 2.89. The zero-order chi connectivity index (χ0) is 14.7. The molecule has 3 nitrogen and oxygen atoms in total. The normalized spacial score (nSPS) is 10.4. The Morgan fingerprint density at radius 3 is 2.48 bits per heavy atom. The lowest BCUT2D eigenvalue weighted by molar-refractivity contribution is 0.628. The quantitative estimate of drug-likeness (QED) is 0.775. The van der Waals surface area contributed by atoms with Gasteiger partial charge in [0.1, 0.15) is 18.0 Å². The fraction of sp³-hybridized carbons (Fsp3) is 0.0588. The van der Waals surface area contributed by atoms with Crippen molar-refractivity contribution in [3.8, 4) is 11.1 Å². The fourth-order valence-corrected chi connectivity index (χ4v) is 2.17. The maximum atomic E-state index is 13.0. The van der Waals surface area contributed by atoms with Crippen LogP contribution >= 0.6 is 0 Å². The van der Waals surface area contributed by atoms with Crippen LogP contribution in [0.25, 0.3) is 11.1 Å². The highest BCUT2D eigenvalue weighted by Gasteiger charge is 2.09.